The van der Waals surface area contributed by atoms with Crippen LogP contribution in [0.3, 0.4) is 0 Å². The lowest BCUT2D eigenvalue weighted by molar-refractivity contribution is 0.244. The number of nitrogens with zero attached hydrogens (tertiary/aromatic N) is 3. The van der Waals surface area contributed by atoms with Gasteiger partial charge in [0.15, 0.2) is 0 Å². The van der Waals surface area contributed by atoms with Crippen molar-refractivity contribution < 1.29 is 9.32 Å². The molecule has 4 aromatic rings. The summed E-state index contributed by atoms with van der Waals surface area (Å²) >= 11 is 6.18. The number of rotatable bonds is 4. The first-order valence-corrected chi connectivity index (χ1v) is 12.5. The van der Waals surface area contributed by atoms with Crippen molar-refractivity contribution in [3.05, 3.63) is 106 Å². The van der Waals surface area contributed by atoms with E-state index in [9.17, 15) is 4.79 Å². The summed E-state index contributed by atoms with van der Waals surface area (Å²) in [6.07, 6.45) is 3.27. The van der Waals surface area contributed by atoms with Crippen LogP contribution in [0.5, 0.6) is 0 Å². The van der Waals surface area contributed by atoms with Crippen molar-refractivity contribution >= 4 is 28.9 Å². The van der Waals surface area contributed by atoms with Gasteiger partial charge in [-0.3, -0.25) is 4.90 Å². The van der Waals surface area contributed by atoms with Gasteiger partial charge in [0.05, 0.1) is 17.3 Å². The zero-order valence-corrected chi connectivity index (χ0v) is 20.8. The van der Waals surface area contributed by atoms with Crippen molar-refractivity contribution in [2.24, 2.45) is 0 Å². The highest BCUT2D eigenvalue weighted by Gasteiger charge is 2.36. The number of benzene rings is 3. The minimum atomic E-state index is -0.434. The third-order valence-electron chi connectivity index (χ3n) is 6.97. The van der Waals surface area contributed by atoms with Crippen LogP contribution < -0.4 is 10.2 Å². The number of halogens is 1. The summed E-state index contributed by atoms with van der Waals surface area (Å²) in [4.78, 5) is 19.9. The molecule has 2 heterocycles. The predicted octanol–water partition coefficient (Wildman–Crippen LogP) is 6.89. The Bertz CT molecular complexity index is 1510. The highest BCUT2D eigenvalue weighted by molar-refractivity contribution is 6.30. The molecule has 2 aliphatic rings. The quantitative estimate of drug-likeness (QED) is 0.334. The topological polar surface area (TPSA) is 71.3 Å². The van der Waals surface area contributed by atoms with Crippen LogP contribution in [0.2, 0.25) is 5.02 Å². The van der Waals surface area contributed by atoms with Gasteiger partial charge in [-0.2, -0.15) is 4.98 Å². The Morgan fingerprint density at radius 2 is 1.81 bits per heavy atom. The van der Waals surface area contributed by atoms with Gasteiger partial charge in [0.2, 0.25) is 5.82 Å². The fourth-order valence-electron chi connectivity index (χ4n) is 5.11. The molecule has 7 heteroatoms. The number of carbonyl (C=O) groups excluding carboxylic acids is 1. The highest BCUT2D eigenvalue weighted by Crippen LogP contribution is 2.40. The molecule has 0 spiro atoms. The third-order valence-corrected chi connectivity index (χ3v) is 7.21. The van der Waals surface area contributed by atoms with Crippen LogP contribution in [0.1, 0.15) is 47.5 Å². The van der Waals surface area contributed by atoms with Crippen LogP contribution in [0, 0.1) is 6.92 Å². The molecule has 0 saturated heterocycles. The fraction of sp³-hybridized carbons (Fsp3) is 0.207. The summed E-state index contributed by atoms with van der Waals surface area (Å²) in [5, 5.41) is 8.02. The number of fused-ring (bicyclic) bond motifs is 1. The highest BCUT2D eigenvalue weighted by atomic mass is 35.5. The number of anilines is 1. The van der Waals surface area contributed by atoms with Gasteiger partial charge in [-0.25, -0.2) is 4.79 Å². The molecule has 0 fully saturated rings. The molecule has 3 aromatic carbocycles. The lowest BCUT2D eigenvalue weighted by atomic mass is 9.93. The molecule has 180 valence electrons. The number of hydrogen-bond donors (Lipinski definition) is 1. The fourth-order valence-corrected chi connectivity index (χ4v) is 5.31. The van der Waals surface area contributed by atoms with Crippen LogP contribution >= 0.6 is 11.6 Å². The van der Waals surface area contributed by atoms with E-state index in [0.717, 1.165) is 52.9 Å². The van der Waals surface area contributed by atoms with Gasteiger partial charge in [0, 0.05) is 16.3 Å². The Morgan fingerprint density at radius 3 is 2.61 bits per heavy atom. The predicted molar refractivity (Wildman–Crippen MR) is 141 cm³/mol. The smallest absolute Gasteiger partial charge is 0.326 e. The first-order chi connectivity index (χ1) is 17.5. The van der Waals surface area contributed by atoms with Gasteiger partial charge in [-0.15, -0.1) is 0 Å². The number of aryl methyl sites for hydroxylation is 3. The second-order valence-corrected chi connectivity index (χ2v) is 9.80. The zero-order valence-electron chi connectivity index (χ0n) is 20.1. The molecule has 6 nitrogen and oxygen atoms in total. The second-order valence-electron chi connectivity index (χ2n) is 9.37. The summed E-state index contributed by atoms with van der Waals surface area (Å²) in [6.45, 7) is 3.97. The van der Waals surface area contributed by atoms with E-state index in [-0.39, 0.29) is 6.03 Å². The monoisotopic (exact) mass is 496 g/mol. The van der Waals surface area contributed by atoms with Crippen LogP contribution in [0.4, 0.5) is 10.5 Å². The molecule has 36 heavy (non-hydrogen) atoms. The van der Waals surface area contributed by atoms with Gasteiger partial charge in [0.1, 0.15) is 0 Å². The van der Waals surface area contributed by atoms with E-state index in [1.807, 2.05) is 56.3 Å². The Labute approximate surface area is 214 Å². The van der Waals surface area contributed by atoms with Crippen molar-refractivity contribution in [2.45, 2.75) is 39.2 Å². The molecular formula is C29H25ClN4O2. The van der Waals surface area contributed by atoms with Gasteiger partial charge in [0.25, 0.3) is 5.89 Å². The number of aromatic nitrogens is 2. The van der Waals surface area contributed by atoms with E-state index in [0.29, 0.717) is 16.7 Å². The van der Waals surface area contributed by atoms with E-state index < -0.39 is 6.04 Å². The molecule has 2 amide bonds. The van der Waals surface area contributed by atoms with Gasteiger partial charge in [-0.05, 0) is 74.1 Å². The van der Waals surface area contributed by atoms with Crippen LogP contribution in [0.25, 0.3) is 17.0 Å². The third kappa shape index (κ3) is 3.97. The standard InChI is InChI=1S/C29H25ClN4O2/c1-17-9-11-20(12-10-17)26-25(28-32-27(33-36-28)22-7-4-8-23(30)15-22)18(2)34(29(35)31-26)24-14-13-19-5-3-6-21(19)16-24/h4,7-16,26H,3,5-6H2,1-2H3,(H,31,35). The molecule has 6 rings (SSSR count). The minimum Gasteiger partial charge on any atom is -0.334 e. The maximum absolute atomic E-state index is 13.5. The molecule has 1 aromatic heterocycles. The molecule has 1 aliphatic carbocycles. The maximum atomic E-state index is 13.5. The van der Waals surface area contributed by atoms with Crippen molar-refractivity contribution in [2.75, 3.05) is 4.90 Å². The average Bonchev–Trinajstić information content (AvgIpc) is 3.54. The van der Waals surface area contributed by atoms with Gasteiger partial charge >= 0.3 is 6.03 Å². The molecule has 0 radical (unpaired) electrons. The molecule has 1 aliphatic heterocycles. The minimum absolute atomic E-state index is 0.186. The van der Waals surface area contributed by atoms with Crippen molar-refractivity contribution in [3.8, 4) is 11.4 Å². The van der Waals surface area contributed by atoms with Crippen molar-refractivity contribution in [1.29, 1.82) is 0 Å². The summed E-state index contributed by atoms with van der Waals surface area (Å²) < 4.78 is 5.80. The zero-order chi connectivity index (χ0) is 24.8. The molecule has 0 bridgehead atoms. The SMILES string of the molecule is CC1=C(c2nc(-c3cccc(Cl)c3)no2)C(c2ccc(C)cc2)NC(=O)N1c1ccc2c(c1)CCC2. The number of carbonyl (C=O) groups is 1. The normalized spacial score (nSPS) is 17.4. The van der Waals surface area contributed by atoms with Crippen LogP contribution in [0.15, 0.2) is 77.0 Å². The Hall–Kier alpha value is -3.90. The van der Waals surface area contributed by atoms with E-state index in [1.165, 1.54) is 11.1 Å². The largest absolute Gasteiger partial charge is 0.334 e. The first-order valence-electron chi connectivity index (χ1n) is 12.1. The number of nitrogens with one attached hydrogen (secondary N) is 1. The molecule has 0 saturated carbocycles. The van der Waals surface area contributed by atoms with Crippen LogP contribution in [-0.2, 0) is 12.8 Å². The summed E-state index contributed by atoms with van der Waals surface area (Å²) in [6, 6.07) is 21.1. The first kappa shape index (κ1) is 22.6. The number of allylic oxidation sites excluding steroid dienone is 1. The van der Waals surface area contributed by atoms with Crippen molar-refractivity contribution in [1.82, 2.24) is 15.5 Å². The lowest BCUT2D eigenvalue weighted by Crippen LogP contribution is -2.46. The number of amides is 2. The second kappa shape index (κ2) is 8.95. The molecule has 1 atom stereocenters. The maximum Gasteiger partial charge on any atom is 0.326 e. The van der Waals surface area contributed by atoms with Crippen LogP contribution in [-0.4, -0.2) is 16.2 Å². The van der Waals surface area contributed by atoms with E-state index >= 15 is 0 Å². The van der Waals surface area contributed by atoms with Crippen molar-refractivity contribution in [3.63, 3.8) is 0 Å². The summed E-state index contributed by atoms with van der Waals surface area (Å²) in [5.41, 5.74) is 7.86. The summed E-state index contributed by atoms with van der Waals surface area (Å²) in [5.74, 6) is 0.802. The van der Waals surface area contributed by atoms with Gasteiger partial charge in [-0.1, -0.05) is 64.8 Å². The molecular weight excluding hydrogens is 472 g/mol. The number of urea groups is 1. The van der Waals surface area contributed by atoms with E-state index in [2.05, 4.69) is 22.6 Å². The number of hydrogen-bond acceptors (Lipinski definition) is 4. The van der Waals surface area contributed by atoms with E-state index in [1.54, 1.807) is 17.0 Å². The molecule has 1 unspecified atom stereocenters. The molecule has 1 N–H and O–H groups in total. The summed E-state index contributed by atoms with van der Waals surface area (Å²) in [7, 11) is 0. The Kier molecular flexibility index (Phi) is 5.61. The average molecular weight is 497 g/mol. The van der Waals surface area contributed by atoms with E-state index in [4.69, 9.17) is 21.1 Å². The lowest BCUT2D eigenvalue weighted by Gasteiger charge is -2.35. The Balaban J connectivity index is 1.49. The Morgan fingerprint density at radius 1 is 1.00 bits per heavy atom. The van der Waals surface area contributed by atoms with Gasteiger partial charge < -0.3 is 9.84 Å².